The van der Waals surface area contributed by atoms with E-state index < -0.39 is 5.97 Å². The van der Waals surface area contributed by atoms with Crippen LogP contribution in [0.15, 0.2) is 71.6 Å². The maximum absolute atomic E-state index is 11.5. The molecule has 1 N–H and O–H groups in total. The number of hydrogen-bond acceptors (Lipinski definition) is 4. The maximum Gasteiger partial charge on any atom is 0.370 e. The number of para-hydroxylation sites is 1. The van der Waals surface area contributed by atoms with Crippen molar-refractivity contribution in [1.29, 1.82) is 0 Å². The van der Waals surface area contributed by atoms with Gasteiger partial charge in [-0.2, -0.15) is 4.57 Å². The van der Waals surface area contributed by atoms with Gasteiger partial charge in [0.25, 0.3) is 5.01 Å². The molecular formula is C29H27N2O2S2+. The van der Waals surface area contributed by atoms with Gasteiger partial charge in [0.05, 0.1) is 0 Å². The topological polar surface area (TPSA) is 44.4 Å². The van der Waals surface area contributed by atoms with Crippen LogP contribution in [0.5, 0.6) is 0 Å². The number of thiazole rings is 1. The summed E-state index contributed by atoms with van der Waals surface area (Å²) in [5, 5.41) is 10.4. The van der Waals surface area contributed by atoms with Crippen LogP contribution in [0.3, 0.4) is 0 Å². The van der Waals surface area contributed by atoms with Crippen molar-refractivity contribution in [3.8, 4) is 0 Å². The third-order valence-electron chi connectivity index (χ3n) is 7.22. The lowest BCUT2D eigenvalue weighted by atomic mass is 9.96. The van der Waals surface area contributed by atoms with E-state index in [1.165, 1.54) is 41.1 Å². The SMILES string of the molecule is CSc1ccc(N2c3ccc(/C=C/c4sc5ccccc5[n+]4CC(=O)O)cc3C3CCCC32)cc1. The molecule has 4 nitrogen and oxygen atoms in total. The minimum Gasteiger partial charge on any atom is -0.477 e. The summed E-state index contributed by atoms with van der Waals surface area (Å²) in [7, 11) is 0. The molecule has 2 atom stereocenters. The number of carbonyl (C=O) groups is 1. The highest BCUT2D eigenvalue weighted by Crippen LogP contribution is 2.52. The lowest BCUT2D eigenvalue weighted by Crippen LogP contribution is -2.39. The van der Waals surface area contributed by atoms with Gasteiger partial charge in [-0.3, -0.25) is 0 Å². The second kappa shape index (κ2) is 9.17. The van der Waals surface area contributed by atoms with E-state index in [4.69, 9.17) is 0 Å². The predicted octanol–water partition coefficient (Wildman–Crippen LogP) is 6.95. The van der Waals surface area contributed by atoms with Crippen LogP contribution in [0.4, 0.5) is 11.4 Å². The summed E-state index contributed by atoms with van der Waals surface area (Å²) in [6, 6.07) is 24.3. The Balaban J connectivity index is 1.35. The summed E-state index contributed by atoms with van der Waals surface area (Å²) >= 11 is 3.41. The molecule has 176 valence electrons. The van der Waals surface area contributed by atoms with Crippen LogP contribution in [0.25, 0.3) is 22.4 Å². The molecule has 1 aromatic heterocycles. The van der Waals surface area contributed by atoms with Crippen LogP contribution in [-0.4, -0.2) is 23.4 Å². The normalized spacial score (nSPS) is 18.9. The molecule has 6 rings (SSSR count). The standard InChI is InChI=1S/C29H26N2O2S2/c1-34-21-13-11-20(12-14-21)31-24-7-4-5-22(24)23-17-19(9-15-25(23)31)10-16-28-30(18-29(32)33)26-6-2-3-8-27(26)35-28/h2-3,6,8-17,22,24H,4-5,7,18H2,1H3/p+1. The number of thioether (sulfide) groups is 1. The largest absolute Gasteiger partial charge is 0.477 e. The number of rotatable bonds is 6. The molecule has 0 amide bonds. The molecule has 1 saturated carbocycles. The van der Waals surface area contributed by atoms with Crippen molar-refractivity contribution in [2.24, 2.45) is 0 Å². The summed E-state index contributed by atoms with van der Waals surface area (Å²) in [6.45, 7) is -0.0398. The van der Waals surface area contributed by atoms with Gasteiger partial charge in [-0.25, -0.2) is 4.79 Å². The highest BCUT2D eigenvalue weighted by Gasteiger charge is 2.42. The minimum atomic E-state index is -0.830. The van der Waals surface area contributed by atoms with Gasteiger partial charge >= 0.3 is 5.97 Å². The molecule has 0 radical (unpaired) electrons. The van der Waals surface area contributed by atoms with Crippen LogP contribution in [-0.2, 0) is 11.3 Å². The Morgan fingerprint density at radius 2 is 1.94 bits per heavy atom. The number of anilines is 2. The Morgan fingerprint density at radius 3 is 2.74 bits per heavy atom. The Morgan fingerprint density at radius 1 is 1.11 bits per heavy atom. The van der Waals surface area contributed by atoms with Crippen molar-refractivity contribution in [1.82, 2.24) is 0 Å². The van der Waals surface area contributed by atoms with Crippen LogP contribution < -0.4 is 9.47 Å². The van der Waals surface area contributed by atoms with Crippen molar-refractivity contribution < 1.29 is 14.5 Å². The zero-order valence-electron chi connectivity index (χ0n) is 19.6. The first kappa shape index (κ1) is 22.4. The number of fused-ring (bicyclic) bond motifs is 4. The fraction of sp³-hybridized carbons (Fsp3) is 0.241. The first-order valence-electron chi connectivity index (χ1n) is 12.0. The summed E-state index contributed by atoms with van der Waals surface area (Å²) in [5.74, 6) is -0.261. The quantitative estimate of drug-likeness (QED) is 0.230. The molecule has 2 aliphatic rings. The molecule has 0 spiro atoms. The number of carboxylic acids is 1. The van der Waals surface area contributed by atoms with E-state index in [0.717, 1.165) is 20.8 Å². The third kappa shape index (κ3) is 4.05. The molecule has 0 saturated heterocycles. The first-order valence-corrected chi connectivity index (χ1v) is 14.0. The molecule has 2 heterocycles. The van der Waals surface area contributed by atoms with Gasteiger partial charge < -0.3 is 10.0 Å². The van der Waals surface area contributed by atoms with E-state index >= 15 is 0 Å². The number of nitrogens with zero attached hydrogens (tertiary/aromatic N) is 2. The van der Waals surface area contributed by atoms with Crippen LogP contribution in [0.2, 0.25) is 0 Å². The van der Waals surface area contributed by atoms with Crippen molar-refractivity contribution >= 4 is 62.8 Å². The van der Waals surface area contributed by atoms with Crippen LogP contribution >= 0.6 is 23.1 Å². The lowest BCUT2D eigenvalue weighted by molar-refractivity contribution is -0.657. The first-order chi connectivity index (χ1) is 17.1. The van der Waals surface area contributed by atoms with Crippen LogP contribution in [0.1, 0.15) is 41.3 Å². The molecule has 1 aliphatic carbocycles. The van der Waals surface area contributed by atoms with E-state index in [9.17, 15) is 9.90 Å². The lowest BCUT2D eigenvalue weighted by Gasteiger charge is -2.27. The van der Waals surface area contributed by atoms with E-state index in [-0.39, 0.29) is 6.54 Å². The van der Waals surface area contributed by atoms with Gasteiger partial charge in [0.15, 0.2) is 0 Å². The average Bonchev–Trinajstić information content (AvgIpc) is 3.56. The zero-order chi connectivity index (χ0) is 23.9. The predicted molar refractivity (Wildman–Crippen MR) is 146 cm³/mol. The number of hydrogen-bond donors (Lipinski definition) is 1. The van der Waals surface area contributed by atoms with Gasteiger partial charge in [0.1, 0.15) is 4.70 Å². The Kier molecular flexibility index (Phi) is 5.86. The Labute approximate surface area is 213 Å². The van der Waals surface area contributed by atoms with E-state index in [2.05, 4.69) is 65.8 Å². The van der Waals surface area contributed by atoms with E-state index in [1.54, 1.807) is 23.1 Å². The molecule has 35 heavy (non-hydrogen) atoms. The highest BCUT2D eigenvalue weighted by atomic mass is 32.2. The van der Waals surface area contributed by atoms with Gasteiger partial charge in [-0.15, -0.1) is 11.8 Å². The summed E-state index contributed by atoms with van der Waals surface area (Å²) in [5.41, 5.74) is 6.18. The monoisotopic (exact) mass is 499 g/mol. The minimum absolute atomic E-state index is 0.0398. The van der Waals surface area contributed by atoms with Crippen molar-refractivity contribution in [3.05, 3.63) is 82.9 Å². The van der Waals surface area contributed by atoms with Crippen molar-refractivity contribution in [3.63, 3.8) is 0 Å². The maximum atomic E-state index is 11.5. The molecule has 0 bridgehead atoms. The van der Waals surface area contributed by atoms with Gasteiger partial charge in [-0.05, 0) is 78.8 Å². The smallest absolute Gasteiger partial charge is 0.370 e. The Hall–Kier alpha value is -3.09. The van der Waals surface area contributed by atoms with E-state index in [0.29, 0.717) is 12.0 Å². The number of benzene rings is 3. The molecular weight excluding hydrogens is 472 g/mol. The fourth-order valence-electron chi connectivity index (χ4n) is 5.70. The van der Waals surface area contributed by atoms with Crippen molar-refractivity contribution in [2.45, 2.75) is 42.7 Å². The van der Waals surface area contributed by atoms with Crippen molar-refractivity contribution in [2.75, 3.05) is 11.2 Å². The molecule has 1 fully saturated rings. The summed E-state index contributed by atoms with van der Waals surface area (Å²) < 4.78 is 2.98. The van der Waals surface area contributed by atoms with Gasteiger partial charge in [0.2, 0.25) is 12.1 Å². The summed E-state index contributed by atoms with van der Waals surface area (Å²) in [4.78, 5) is 15.4. The highest BCUT2D eigenvalue weighted by molar-refractivity contribution is 7.98. The molecule has 6 heteroatoms. The summed E-state index contributed by atoms with van der Waals surface area (Å²) in [6.07, 6.45) is 10.0. The third-order valence-corrected chi connectivity index (χ3v) is 9.09. The second-order valence-electron chi connectivity index (χ2n) is 9.21. The van der Waals surface area contributed by atoms with Gasteiger partial charge in [0, 0.05) is 40.4 Å². The molecule has 4 aromatic rings. The molecule has 2 unspecified atom stereocenters. The average molecular weight is 500 g/mol. The van der Waals surface area contributed by atoms with E-state index in [1.807, 2.05) is 28.8 Å². The number of aliphatic carboxylic acids is 1. The Bertz CT molecular complexity index is 1440. The fourth-order valence-corrected chi connectivity index (χ4v) is 7.17. The zero-order valence-corrected chi connectivity index (χ0v) is 21.2. The number of carboxylic acid groups (broad SMARTS) is 1. The van der Waals surface area contributed by atoms with Gasteiger partial charge in [-0.1, -0.05) is 36.0 Å². The number of aromatic nitrogens is 1. The molecule has 3 aromatic carbocycles. The molecule has 1 aliphatic heterocycles. The second-order valence-corrected chi connectivity index (χ2v) is 11.2. The van der Waals surface area contributed by atoms with Crippen LogP contribution in [0, 0.1) is 0 Å².